The van der Waals surface area contributed by atoms with Crippen molar-refractivity contribution in [2.75, 3.05) is 50.6 Å². The largest absolute Gasteiger partial charge is 0.497 e. The predicted molar refractivity (Wildman–Crippen MR) is 139 cm³/mol. The third kappa shape index (κ3) is 4.96. The Morgan fingerprint density at radius 3 is 2.27 bits per heavy atom. The van der Waals surface area contributed by atoms with E-state index in [0.717, 1.165) is 52.9 Å². The molecule has 0 spiro atoms. The number of carbonyl (C=O) groups is 1. The lowest BCUT2D eigenvalue weighted by atomic mass is 10.0. The molecule has 1 saturated heterocycles. The highest BCUT2D eigenvalue weighted by molar-refractivity contribution is 7.80. The van der Waals surface area contributed by atoms with Gasteiger partial charge in [0, 0.05) is 42.3 Å². The highest BCUT2D eigenvalue weighted by atomic mass is 32.1. The van der Waals surface area contributed by atoms with Crippen LogP contribution in [0.4, 0.5) is 10.7 Å². The molecule has 0 unspecified atom stereocenters. The Morgan fingerprint density at radius 1 is 1.00 bits per heavy atom. The number of benzene rings is 2. The number of ether oxygens (including phenoxy) is 2. The molecule has 1 aliphatic heterocycles. The minimum absolute atomic E-state index is 0.368. The van der Waals surface area contributed by atoms with Gasteiger partial charge in [0.25, 0.3) is 0 Å². The number of anilines is 2. The topological polar surface area (TPSA) is 54.0 Å². The number of nitrogens with one attached hydrogen (secondary N) is 1. The quantitative estimate of drug-likeness (QED) is 0.405. The Bertz CT molecular complexity index is 1120. The number of thiocarbonyl (C=S) groups is 1. The van der Waals surface area contributed by atoms with Gasteiger partial charge in [-0.1, -0.05) is 30.3 Å². The van der Waals surface area contributed by atoms with E-state index >= 15 is 0 Å². The zero-order chi connectivity index (χ0) is 23.4. The zero-order valence-electron chi connectivity index (χ0n) is 19.0. The Kier molecular flexibility index (Phi) is 7.15. The fourth-order valence-electron chi connectivity index (χ4n) is 4.02. The molecule has 2 heterocycles. The van der Waals surface area contributed by atoms with Gasteiger partial charge in [-0.15, -0.1) is 11.3 Å². The first kappa shape index (κ1) is 23.1. The summed E-state index contributed by atoms with van der Waals surface area (Å²) in [6, 6.07) is 18.0. The van der Waals surface area contributed by atoms with Gasteiger partial charge in [-0.05, 0) is 49.0 Å². The number of carbonyl (C=O) groups excluding carboxylic acids is 1. The number of aryl methyl sites for hydroxylation is 1. The molecule has 8 heteroatoms. The first-order valence-electron chi connectivity index (χ1n) is 10.7. The lowest BCUT2D eigenvalue weighted by Crippen LogP contribution is -2.50. The van der Waals surface area contributed by atoms with E-state index in [1.807, 2.05) is 49.4 Å². The number of piperazine rings is 1. The molecule has 0 radical (unpaired) electrons. The Balaban J connectivity index is 1.48. The van der Waals surface area contributed by atoms with E-state index in [1.165, 1.54) is 24.1 Å². The fourth-order valence-corrected chi connectivity index (χ4v) is 5.43. The third-order valence-electron chi connectivity index (χ3n) is 5.76. The van der Waals surface area contributed by atoms with Crippen molar-refractivity contribution >= 4 is 45.3 Å². The van der Waals surface area contributed by atoms with Crippen LogP contribution in [0, 0.1) is 6.92 Å². The summed E-state index contributed by atoms with van der Waals surface area (Å²) >= 11 is 7.25. The maximum absolute atomic E-state index is 12.7. The van der Waals surface area contributed by atoms with Gasteiger partial charge in [-0.3, -0.25) is 0 Å². The van der Waals surface area contributed by atoms with Gasteiger partial charge in [0.1, 0.15) is 16.3 Å². The minimum Gasteiger partial charge on any atom is -0.497 e. The summed E-state index contributed by atoms with van der Waals surface area (Å²) in [4.78, 5) is 18.2. The number of thiophene rings is 1. The summed E-state index contributed by atoms with van der Waals surface area (Å²) in [5, 5.41) is 4.68. The highest BCUT2D eigenvalue weighted by Crippen LogP contribution is 2.40. The second kappa shape index (κ2) is 10.2. The Hall–Kier alpha value is -3.10. The van der Waals surface area contributed by atoms with Gasteiger partial charge >= 0.3 is 5.97 Å². The number of methoxy groups -OCH3 is 2. The minimum atomic E-state index is -0.368. The van der Waals surface area contributed by atoms with E-state index in [4.69, 9.17) is 21.7 Å². The first-order chi connectivity index (χ1) is 16.0. The van der Waals surface area contributed by atoms with Crippen LogP contribution < -0.4 is 15.0 Å². The normalized spacial score (nSPS) is 13.5. The molecule has 172 valence electrons. The molecule has 0 atom stereocenters. The average molecular weight is 482 g/mol. The maximum atomic E-state index is 12.7. The second-order valence-electron chi connectivity index (χ2n) is 7.70. The molecule has 4 rings (SSSR count). The van der Waals surface area contributed by atoms with Crippen LogP contribution in [0.2, 0.25) is 0 Å². The number of hydrogen-bond donors (Lipinski definition) is 1. The van der Waals surface area contributed by atoms with E-state index in [2.05, 4.69) is 27.2 Å². The van der Waals surface area contributed by atoms with Gasteiger partial charge in [-0.25, -0.2) is 4.79 Å². The van der Waals surface area contributed by atoms with Crippen molar-refractivity contribution in [2.45, 2.75) is 6.92 Å². The summed E-state index contributed by atoms with van der Waals surface area (Å²) in [5.74, 6) is 0.484. The molecule has 2 aromatic carbocycles. The van der Waals surface area contributed by atoms with E-state index in [1.54, 1.807) is 7.11 Å². The van der Waals surface area contributed by atoms with Crippen LogP contribution in [0.15, 0.2) is 54.6 Å². The van der Waals surface area contributed by atoms with E-state index < -0.39 is 0 Å². The lowest BCUT2D eigenvalue weighted by molar-refractivity contribution is 0.0603. The SMILES string of the molecule is COC(=O)c1c(NC(=S)N2CCN(c3ccc(OC)cc3)CC2)sc(C)c1-c1ccccc1. The molecule has 1 aromatic heterocycles. The number of nitrogens with zero attached hydrogens (tertiary/aromatic N) is 2. The number of rotatable bonds is 5. The lowest BCUT2D eigenvalue weighted by Gasteiger charge is -2.37. The van der Waals surface area contributed by atoms with Crippen LogP contribution in [0.5, 0.6) is 5.75 Å². The van der Waals surface area contributed by atoms with Gasteiger partial charge in [0.05, 0.1) is 14.2 Å². The Morgan fingerprint density at radius 2 is 1.67 bits per heavy atom. The van der Waals surface area contributed by atoms with E-state index in [0.29, 0.717) is 10.7 Å². The molecule has 0 saturated carbocycles. The summed E-state index contributed by atoms with van der Waals surface area (Å²) in [6.45, 7) is 5.32. The molecule has 0 amide bonds. The fraction of sp³-hybridized carbons (Fsp3) is 0.280. The Labute approximate surface area is 203 Å². The monoisotopic (exact) mass is 481 g/mol. The van der Waals surface area contributed by atoms with Gasteiger partial charge < -0.3 is 24.6 Å². The average Bonchev–Trinajstić information content (AvgIpc) is 3.19. The molecule has 33 heavy (non-hydrogen) atoms. The van der Waals surface area contributed by atoms with Crippen molar-refractivity contribution in [1.82, 2.24) is 4.90 Å². The van der Waals surface area contributed by atoms with Crippen molar-refractivity contribution < 1.29 is 14.3 Å². The summed E-state index contributed by atoms with van der Waals surface area (Å²) in [6.07, 6.45) is 0. The second-order valence-corrected chi connectivity index (χ2v) is 9.31. The molecule has 1 aliphatic rings. The highest BCUT2D eigenvalue weighted by Gasteiger charge is 2.26. The molecular formula is C25H27N3O3S2. The van der Waals surface area contributed by atoms with E-state index in [9.17, 15) is 4.79 Å². The van der Waals surface area contributed by atoms with Crippen molar-refractivity contribution in [3.05, 3.63) is 65.0 Å². The summed E-state index contributed by atoms with van der Waals surface area (Å²) in [7, 11) is 3.08. The maximum Gasteiger partial charge on any atom is 0.341 e. The zero-order valence-corrected chi connectivity index (χ0v) is 20.6. The van der Waals surface area contributed by atoms with Crippen molar-refractivity contribution in [3.8, 4) is 16.9 Å². The molecule has 3 aromatic rings. The van der Waals surface area contributed by atoms with Crippen molar-refractivity contribution in [2.24, 2.45) is 0 Å². The smallest absolute Gasteiger partial charge is 0.341 e. The van der Waals surface area contributed by atoms with Crippen LogP contribution in [-0.2, 0) is 4.74 Å². The molecule has 0 bridgehead atoms. The molecular weight excluding hydrogens is 454 g/mol. The van der Waals surface area contributed by atoms with Gasteiger partial charge in [-0.2, -0.15) is 0 Å². The molecule has 1 fully saturated rings. The van der Waals surface area contributed by atoms with Gasteiger partial charge in [0.2, 0.25) is 0 Å². The molecule has 1 N–H and O–H groups in total. The van der Waals surface area contributed by atoms with Crippen molar-refractivity contribution in [1.29, 1.82) is 0 Å². The number of esters is 1. The molecule has 0 aliphatic carbocycles. The van der Waals surface area contributed by atoms with Crippen LogP contribution in [0.25, 0.3) is 11.1 Å². The standard InChI is InChI=1S/C25H27N3O3S2/c1-17-21(18-7-5-4-6-8-18)22(24(29)31-3)23(33-17)26-25(32)28-15-13-27(14-16-28)19-9-11-20(30-2)12-10-19/h4-12H,13-16H2,1-3H3,(H,26,32). The third-order valence-corrected chi connectivity index (χ3v) is 7.14. The van der Waals surface area contributed by atoms with E-state index in [-0.39, 0.29) is 5.97 Å². The van der Waals surface area contributed by atoms with Crippen LogP contribution in [0.1, 0.15) is 15.2 Å². The summed E-state index contributed by atoms with van der Waals surface area (Å²) < 4.78 is 10.4. The van der Waals surface area contributed by atoms with Crippen LogP contribution in [-0.4, -0.2) is 56.4 Å². The van der Waals surface area contributed by atoms with Crippen LogP contribution in [0.3, 0.4) is 0 Å². The summed E-state index contributed by atoms with van der Waals surface area (Å²) in [5.41, 5.74) is 3.58. The van der Waals surface area contributed by atoms with Crippen molar-refractivity contribution in [3.63, 3.8) is 0 Å². The first-order valence-corrected chi connectivity index (χ1v) is 12.0. The van der Waals surface area contributed by atoms with Gasteiger partial charge in [0.15, 0.2) is 5.11 Å². The number of hydrogen-bond acceptors (Lipinski definition) is 6. The predicted octanol–water partition coefficient (Wildman–Crippen LogP) is 5.04. The van der Waals surface area contributed by atoms with Crippen LogP contribution >= 0.6 is 23.6 Å². The molecule has 6 nitrogen and oxygen atoms in total.